The van der Waals surface area contributed by atoms with Crippen molar-refractivity contribution in [3.8, 4) is 50.8 Å². The monoisotopic (exact) mass is 851 g/mol. The first-order chi connectivity index (χ1) is 33.2. The third-order valence-electron chi connectivity index (χ3n) is 13.8. The number of nitrogens with zero attached hydrogens (tertiary/aromatic N) is 5. The Hall–Kier alpha value is -9.49. The van der Waals surface area contributed by atoms with Crippen LogP contribution in [0.15, 0.2) is 205 Å². The van der Waals surface area contributed by atoms with E-state index < -0.39 is 0 Å². The number of fused-ring (bicyclic) bond motifs is 9. The minimum Gasteiger partial charge on any atom is -0.456 e. The number of hydrogen-bond acceptors (Lipinski definition) is 3. The summed E-state index contributed by atoms with van der Waals surface area (Å²) < 4.78 is 11.0. The van der Waals surface area contributed by atoms with Crippen LogP contribution in [0.3, 0.4) is 0 Å². The molecule has 308 valence electrons. The van der Waals surface area contributed by atoms with Gasteiger partial charge in [0.25, 0.3) is 0 Å². The van der Waals surface area contributed by atoms with Crippen LogP contribution in [0, 0.1) is 17.9 Å². The quantitative estimate of drug-likeness (QED) is 0.128. The first-order valence-electron chi connectivity index (χ1n) is 22.3. The molecule has 14 rings (SSSR count). The van der Waals surface area contributed by atoms with Crippen LogP contribution < -0.4 is 0 Å². The molecule has 0 aliphatic rings. The van der Waals surface area contributed by atoms with Crippen LogP contribution >= 0.6 is 0 Å². The smallest absolute Gasteiger partial charge is 0.220 e. The van der Waals surface area contributed by atoms with Gasteiger partial charge in [-0.3, -0.25) is 4.98 Å². The fourth-order valence-corrected chi connectivity index (χ4v) is 11.1. The van der Waals surface area contributed by atoms with Gasteiger partial charge in [0.2, 0.25) is 5.69 Å². The molecule has 6 nitrogen and oxygen atoms in total. The van der Waals surface area contributed by atoms with E-state index in [0.29, 0.717) is 28.2 Å². The first kappa shape index (κ1) is 36.9. The second-order valence-electron chi connectivity index (χ2n) is 17.1. The molecule has 0 spiro atoms. The second kappa shape index (κ2) is 14.0. The molecule has 0 atom stereocenters. The zero-order valence-electron chi connectivity index (χ0n) is 35.7. The molecule has 4 heterocycles. The average molecular weight is 852 g/mol. The van der Waals surface area contributed by atoms with Gasteiger partial charge in [0.05, 0.1) is 51.1 Å². The van der Waals surface area contributed by atoms with Crippen molar-refractivity contribution in [1.29, 1.82) is 5.26 Å². The minimum atomic E-state index is 0.398. The molecule has 0 aliphatic heterocycles. The maximum absolute atomic E-state index is 11.9. The summed E-state index contributed by atoms with van der Waals surface area (Å²) in [6.07, 6.45) is 1.86. The maximum atomic E-state index is 11.9. The fourth-order valence-electron chi connectivity index (χ4n) is 11.1. The van der Waals surface area contributed by atoms with E-state index in [0.717, 1.165) is 115 Å². The summed E-state index contributed by atoms with van der Waals surface area (Å²) in [5.74, 6) is 0. The predicted molar refractivity (Wildman–Crippen MR) is 274 cm³/mol. The Morgan fingerprint density at radius 1 is 0.463 bits per heavy atom. The number of pyridine rings is 1. The SMILES string of the molecule is [C-]#[N+]c1c(-c2ccccc2)c(C#N)c(-n2c3ccccc3c3ccc(-c4cccc5oc6ccccc6c45)cc32)c(-c2ccccc2)c1-n1c2cccc3c4cccnc4c4cccc1c4c32. The minimum absolute atomic E-state index is 0.398. The molecule has 14 aromatic rings. The molecule has 0 amide bonds. The molecule has 10 aromatic carbocycles. The van der Waals surface area contributed by atoms with E-state index in [1.165, 1.54) is 0 Å². The van der Waals surface area contributed by atoms with Gasteiger partial charge in [-0.05, 0) is 70.1 Å². The van der Waals surface area contributed by atoms with Crippen molar-refractivity contribution < 1.29 is 4.42 Å². The van der Waals surface area contributed by atoms with Crippen LogP contribution in [-0.2, 0) is 0 Å². The topological polar surface area (TPSA) is 64.0 Å². The standard InChI is InChI=1S/C61H33N5O/c1-63-59-53(36-16-4-2-5-17-36)46(35-62)60(65-47-26-10-8-20-40(47)41-32-31-38(34-50(41)65)39-22-14-30-52-55(39)44-21-9-11-29-51(44)67-52)54(37-18-6-3-7-19-37)61(59)66-48-27-12-23-42-43-25-15-33-64-58(43)45-24-13-28-49(66)57(45)56(42)48/h2-34H. The molecule has 4 aromatic heterocycles. The maximum Gasteiger partial charge on any atom is 0.220 e. The third-order valence-corrected chi connectivity index (χ3v) is 13.8. The van der Waals surface area contributed by atoms with Gasteiger partial charge in [0.15, 0.2) is 0 Å². The molecule has 0 N–H and O–H groups in total. The summed E-state index contributed by atoms with van der Waals surface area (Å²) in [6, 6.07) is 69.6. The summed E-state index contributed by atoms with van der Waals surface area (Å²) in [5, 5.41) is 21.5. The molecule has 0 fully saturated rings. The predicted octanol–water partition coefficient (Wildman–Crippen LogP) is 16.3. The van der Waals surface area contributed by atoms with E-state index in [9.17, 15) is 11.8 Å². The van der Waals surface area contributed by atoms with Gasteiger partial charge in [-0.1, -0.05) is 152 Å². The first-order valence-corrected chi connectivity index (χ1v) is 22.3. The van der Waals surface area contributed by atoms with Gasteiger partial charge in [0, 0.05) is 60.4 Å². The summed E-state index contributed by atoms with van der Waals surface area (Å²) >= 11 is 0. The number of nitriles is 1. The van der Waals surface area contributed by atoms with Gasteiger partial charge < -0.3 is 13.6 Å². The molecular weight excluding hydrogens is 819 g/mol. The normalized spacial score (nSPS) is 11.9. The molecule has 0 saturated carbocycles. The highest BCUT2D eigenvalue weighted by molar-refractivity contribution is 6.34. The molecule has 6 heteroatoms. The van der Waals surface area contributed by atoms with Crippen molar-refractivity contribution in [1.82, 2.24) is 14.1 Å². The van der Waals surface area contributed by atoms with Crippen LogP contribution in [0.4, 0.5) is 5.69 Å². The number of furan rings is 1. The van der Waals surface area contributed by atoms with E-state index in [1.54, 1.807) is 0 Å². The Morgan fingerprint density at radius 2 is 1.06 bits per heavy atom. The van der Waals surface area contributed by atoms with Crippen molar-refractivity contribution in [2.24, 2.45) is 0 Å². The number of benzene rings is 10. The summed E-state index contributed by atoms with van der Waals surface area (Å²) in [5.41, 5.74) is 13.7. The Bertz CT molecular complexity index is 4380. The lowest BCUT2D eigenvalue weighted by Crippen LogP contribution is -2.08. The molecular formula is C61H33N5O. The van der Waals surface area contributed by atoms with Gasteiger partial charge in [0.1, 0.15) is 17.2 Å². The molecule has 0 unspecified atom stereocenters. The molecule has 67 heavy (non-hydrogen) atoms. The highest BCUT2D eigenvalue weighted by Crippen LogP contribution is 2.53. The van der Waals surface area contributed by atoms with E-state index in [4.69, 9.17) is 9.40 Å². The Morgan fingerprint density at radius 3 is 1.84 bits per heavy atom. The fraction of sp³-hybridized carbons (Fsp3) is 0. The van der Waals surface area contributed by atoms with Crippen molar-refractivity contribution in [2.75, 3.05) is 0 Å². The third kappa shape index (κ3) is 5.04. The van der Waals surface area contributed by atoms with Crippen molar-refractivity contribution in [3.63, 3.8) is 0 Å². The Labute approximate surface area is 383 Å². The van der Waals surface area contributed by atoms with Gasteiger partial charge >= 0.3 is 0 Å². The summed E-state index contributed by atoms with van der Waals surface area (Å²) in [7, 11) is 0. The average Bonchev–Trinajstić information content (AvgIpc) is 4.06. The lowest BCUT2D eigenvalue weighted by Gasteiger charge is -2.25. The van der Waals surface area contributed by atoms with Crippen molar-refractivity contribution >= 4 is 92.9 Å². The zero-order valence-corrected chi connectivity index (χ0v) is 35.7. The molecule has 0 aliphatic carbocycles. The second-order valence-corrected chi connectivity index (χ2v) is 17.1. The number of rotatable bonds is 5. The van der Waals surface area contributed by atoms with Gasteiger partial charge in [-0.25, -0.2) is 4.85 Å². The molecule has 0 saturated heterocycles. The molecule has 0 bridgehead atoms. The molecule has 0 radical (unpaired) electrons. The van der Waals surface area contributed by atoms with Crippen LogP contribution in [0.25, 0.3) is 137 Å². The summed E-state index contributed by atoms with van der Waals surface area (Å²) in [4.78, 5) is 9.46. The Balaban J connectivity index is 1.21. The lowest BCUT2D eigenvalue weighted by atomic mass is 9.88. The zero-order chi connectivity index (χ0) is 44.3. The van der Waals surface area contributed by atoms with Crippen LogP contribution in [0.2, 0.25) is 0 Å². The van der Waals surface area contributed by atoms with E-state index in [2.05, 4.69) is 141 Å². The van der Waals surface area contributed by atoms with E-state index >= 15 is 0 Å². The van der Waals surface area contributed by atoms with Crippen molar-refractivity contribution in [2.45, 2.75) is 0 Å². The number of aromatic nitrogens is 3. The van der Waals surface area contributed by atoms with E-state index in [-0.39, 0.29) is 0 Å². The summed E-state index contributed by atoms with van der Waals surface area (Å²) in [6.45, 7) is 9.25. The Kier molecular flexibility index (Phi) is 7.72. The van der Waals surface area contributed by atoms with Crippen LogP contribution in [0.1, 0.15) is 5.56 Å². The number of para-hydroxylation sites is 2. The van der Waals surface area contributed by atoms with Crippen LogP contribution in [-0.4, -0.2) is 14.1 Å². The lowest BCUT2D eigenvalue weighted by molar-refractivity contribution is 0.669. The van der Waals surface area contributed by atoms with Crippen LogP contribution in [0.5, 0.6) is 0 Å². The van der Waals surface area contributed by atoms with Crippen molar-refractivity contribution in [3.05, 3.63) is 217 Å². The van der Waals surface area contributed by atoms with Gasteiger partial charge in [-0.2, -0.15) is 5.26 Å². The van der Waals surface area contributed by atoms with E-state index in [1.807, 2.05) is 79.0 Å². The highest BCUT2D eigenvalue weighted by Gasteiger charge is 2.32. The van der Waals surface area contributed by atoms with Gasteiger partial charge in [-0.15, -0.1) is 0 Å². The number of hydrogen-bond donors (Lipinski definition) is 0. The highest BCUT2D eigenvalue weighted by atomic mass is 16.3. The largest absolute Gasteiger partial charge is 0.456 e.